The zero-order valence-corrected chi connectivity index (χ0v) is 41.3. The molecule has 2 unspecified atom stereocenters. The van der Waals surface area contributed by atoms with Gasteiger partial charge in [-0.1, -0.05) is 157 Å². The molecule has 328 valence electrons. The van der Waals surface area contributed by atoms with Gasteiger partial charge in [-0.25, -0.2) is 0 Å². The summed E-state index contributed by atoms with van der Waals surface area (Å²) in [4.78, 5) is 8.01. The lowest BCUT2D eigenvalue weighted by Gasteiger charge is -2.66. The van der Waals surface area contributed by atoms with Crippen LogP contribution >= 0.6 is 0 Å². The molecule has 0 amide bonds. The fourth-order valence-electron chi connectivity index (χ4n) is 12.5. The maximum absolute atomic E-state index is 2.79. The second-order valence-corrected chi connectivity index (χ2v) is 24.0. The number of anilines is 8. The van der Waals surface area contributed by atoms with Gasteiger partial charge in [0, 0.05) is 56.5 Å². The van der Waals surface area contributed by atoms with Gasteiger partial charge in [0.25, 0.3) is 6.71 Å². The Hall–Kier alpha value is -5.22. The minimum atomic E-state index is -0.0737. The number of hydrogen-bond acceptors (Lipinski definition) is 3. The van der Waals surface area contributed by atoms with Crippen LogP contribution in [-0.4, -0.2) is 12.3 Å². The van der Waals surface area contributed by atoms with Gasteiger partial charge in [0.1, 0.15) is 0 Å². The zero-order chi connectivity index (χ0) is 45.5. The maximum Gasteiger partial charge on any atom is 0.252 e. The number of nitrogens with zero attached hydrogens (tertiary/aromatic N) is 3. The monoisotopic (exact) mass is 844 g/mol. The highest BCUT2D eigenvalue weighted by molar-refractivity contribution is 7.00. The largest absolute Gasteiger partial charge is 0.335 e. The quantitative estimate of drug-likeness (QED) is 0.164. The number of rotatable bonds is 3. The fraction of sp³-hybridized carbons (Fsp3) is 0.400. The molecule has 3 heterocycles. The number of benzene rings is 6. The summed E-state index contributed by atoms with van der Waals surface area (Å²) in [5.74, 6) is 0. The number of para-hydroxylation sites is 1. The van der Waals surface area contributed by atoms with Crippen molar-refractivity contribution in [2.45, 2.75) is 150 Å². The van der Waals surface area contributed by atoms with Crippen LogP contribution in [0, 0.1) is 12.3 Å². The van der Waals surface area contributed by atoms with Crippen molar-refractivity contribution >= 4 is 68.6 Å². The summed E-state index contributed by atoms with van der Waals surface area (Å²) in [5, 5.41) is 0. The molecule has 6 aromatic rings. The minimum Gasteiger partial charge on any atom is -0.335 e. The molecular formula is C60H70BN3. The van der Waals surface area contributed by atoms with Crippen LogP contribution in [0.2, 0.25) is 0 Å². The van der Waals surface area contributed by atoms with E-state index in [1.54, 1.807) is 0 Å². The van der Waals surface area contributed by atoms with Gasteiger partial charge in [-0.05, 0) is 153 Å². The normalized spacial score (nSPS) is 21.2. The molecule has 2 atom stereocenters. The lowest BCUT2D eigenvalue weighted by atomic mass is 9.33. The Bertz CT molecular complexity index is 2830. The molecule has 1 fully saturated rings. The summed E-state index contributed by atoms with van der Waals surface area (Å²) in [6.45, 7) is 33.5. The van der Waals surface area contributed by atoms with E-state index < -0.39 is 0 Å². The lowest BCUT2D eigenvalue weighted by Crippen LogP contribution is -2.67. The SMILES string of the molecule is Cc1cc2c3c(c1)N(c1cccc(C(C)(C)C)c1)c1cc(C(C)(C)C)ccc1B3c1ccc(N3c4ccccc4C(C)(C)C4(C)CCCCC34C)cc1N2c1ccc(C(C)(C)C)cc1. The third-order valence-electron chi connectivity index (χ3n) is 16.8. The topological polar surface area (TPSA) is 9.72 Å². The second kappa shape index (κ2) is 14.1. The molecule has 6 aromatic carbocycles. The molecule has 64 heavy (non-hydrogen) atoms. The first kappa shape index (κ1) is 42.7. The highest BCUT2D eigenvalue weighted by Gasteiger charge is 2.62. The number of fused-ring (bicyclic) bond motifs is 6. The second-order valence-electron chi connectivity index (χ2n) is 24.0. The molecule has 1 saturated carbocycles. The molecule has 4 heteroatoms. The first-order valence-corrected chi connectivity index (χ1v) is 24.2. The molecule has 0 N–H and O–H groups in total. The van der Waals surface area contributed by atoms with Crippen LogP contribution in [0.1, 0.15) is 144 Å². The molecule has 0 radical (unpaired) electrons. The Balaban J connectivity index is 1.27. The number of aryl methyl sites for hydroxylation is 1. The Labute approximate surface area is 386 Å². The Morgan fingerprint density at radius 2 is 1.02 bits per heavy atom. The molecule has 1 aliphatic carbocycles. The van der Waals surface area contributed by atoms with Gasteiger partial charge in [-0.15, -0.1) is 0 Å². The summed E-state index contributed by atoms with van der Waals surface area (Å²) >= 11 is 0. The fourth-order valence-corrected chi connectivity index (χ4v) is 12.5. The maximum atomic E-state index is 2.79. The lowest BCUT2D eigenvalue weighted by molar-refractivity contribution is 0.0106. The summed E-state index contributed by atoms with van der Waals surface area (Å²) in [5.41, 5.74) is 21.1. The highest BCUT2D eigenvalue weighted by atomic mass is 15.2. The first-order chi connectivity index (χ1) is 30.0. The van der Waals surface area contributed by atoms with Gasteiger partial charge in [0.2, 0.25) is 0 Å². The van der Waals surface area contributed by atoms with Gasteiger partial charge < -0.3 is 14.7 Å². The van der Waals surface area contributed by atoms with Gasteiger partial charge in [0.05, 0.1) is 0 Å². The van der Waals surface area contributed by atoms with E-state index in [1.807, 2.05) is 0 Å². The van der Waals surface area contributed by atoms with Crippen molar-refractivity contribution in [1.82, 2.24) is 0 Å². The first-order valence-electron chi connectivity index (χ1n) is 24.2. The van der Waals surface area contributed by atoms with Crippen LogP contribution in [0.4, 0.5) is 45.5 Å². The van der Waals surface area contributed by atoms with Crippen molar-refractivity contribution in [1.29, 1.82) is 0 Å². The van der Waals surface area contributed by atoms with E-state index >= 15 is 0 Å². The Morgan fingerprint density at radius 3 is 1.67 bits per heavy atom. The summed E-state index contributed by atoms with van der Waals surface area (Å²) in [7, 11) is 0. The van der Waals surface area contributed by atoms with Crippen molar-refractivity contribution < 1.29 is 0 Å². The van der Waals surface area contributed by atoms with Crippen LogP contribution < -0.4 is 31.1 Å². The third-order valence-corrected chi connectivity index (χ3v) is 16.8. The van der Waals surface area contributed by atoms with E-state index in [1.165, 1.54) is 115 Å². The Kier molecular flexibility index (Phi) is 9.44. The van der Waals surface area contributed by atoms with Crippen molar-refractivity contribution in [3.63, 3.8) is 0 Å². The molecule has 0 bridgehead atoms. The van der Waals surface area contributed by atoms with Crippen molar-refractivity contribution in [2.24, 2.45) is 5.41 Å². The van der Waals surface area contributed by atoms with Gasteiger partial charge >= 0.3 is 0 Å². The minimum absolute atomic E-state index is 0.00951. The van der Waals surface area contributed by atoms with Crippen molar-refractivity contribution in [3.8, 4) is 0 Å². The average molecular weight is 844 g/mol. The summed E-state index contributed by atoms with van der Waals surface area (Å²) < 4.78 is 0. The summed E-state index contributed by atoms with van der Waals surface area (Å²) in [6.07, 6.45) is 4.92. The van der Waals surface area contributed by atoms with Crippen molar-refractivity contribution in [3.05, 3.63) is 149 Å². The molecule has 0 saturated heterocycles. The van der Waals surface area contributed by atoms with Gasteiger partial charge in [-0.2, -0.15) is 0 Å². The van der Waals surface area contributed by atoms with Crippen LogP contribution in [0.3, 0.4) is 0 Å². The zero-order valence-electron chi connectivity index (χ0n) is 41.3. The molecular weight excluding hydrogens is 773 g/mol. The molecule has 4 aliphatic rings. The highest BCUT2D eigenvalue weighted by Crippen LogP contribution is 2.65. The molecule has 0 spiro atoms. The molecule has 3 nitrogen and oxygen atoms in total. The Morgan fingerprint density at radius 1 is 0.469 bits per heavy atom. The van der Waals surface area contributed by atoms with Crippen LogP contribution in [0.5, 0.6) is 0 Å². The van der Waals surface area contributed by atoms with Crippen molar-refractivity contribution in [2.75, 3.05) is 14.7 Å². The van der Waals surface area contributed by atoms with Gasteiger partial charge in [-0.3, -0.25) is 0 Å². The molecule has 0 aromatic heterocycles. The predicted molar refractivity (Wildman–Crippen MR) is 278 cm³/mol. The smallest absolute Gasteiger partial charge is 0.252 e. The third kappa shape index (κ3) is 6.20. The molecule has 10 rings (SSSR count). The van der Waals surface area contributed by atoms with E-state index in [-0.39, 0.29) is 39.3 Å². The van der Waals surface area contributed by atoms with Crippen LogP contribution in [-0.2, 0) is 21.7 Å². The molecule has 3 aliphatic heterocycles. The standard InChI is InChI=1S/C60H70BN3/c1-39-34-52-54-53(35-39)63(44-21-19-20-41(36-44)56(5,6)7)50-37-42(57(8,9)10)26-30-47(50)61(54)48-31-29-45(38-51(48)62(52)43-27-24-40(25-28-43)55(2,3)4)64-49-23-16-15-22-46(49)58(11,12)59(13)32-17-18-33-60(59,64)14/h15-16,19-31,34-38H,17-18,32-33H2,1-14H3. The van der Waals surface area contributed by atoms with E-state index in [2.05, 4.69) is 233 Å². The van der Waals surface area contributed by atoms with E-state index in [4.69, 9.17) is 0 Å². The average Bonchev–Trinajstić information content (AvgIpc) is 3.23. The van der Waals surface area contributed by atoms with E-state index in [0.717, 1.165) is 0 Å². The van der Waals surface area contributed by atoms with Crippen LogP contribution in [0.25, 0.3) is 0 Å². The number of hydrogen-bond donors (Lipinski definition) is 0. The summed E-state index contributed by atoms with van der Waals surface area (Å²) in [6, 6.07) is 48.0. The van der Waals surface area contributed by atoms with E-state index in [0.29, 0.717) is 0 Å². The van der Waals surface area contributed by atoms with Gasteiger partial charge in [0.15, 0.2) is 0 Å². The predicted octanol–water partition coefficient (Wildman–Crippen LogP) is 14.7. The van der Waals surface area contributed by atoms with Crippen LogP contribution in [0.15, 0.2) is 121 Å². The van der Waals surface area contributed by atoms with E-state index in [9.17, 15) is 0 Å².